The molecule has 0 amide bonds. The molecular formula is C14H17N3O2. The van der Waals surface area contributed by atoms with Gasteiger partial charge in [-0.3, -0.25) is 0 Å². The molecule has 19 heavy (non-hydrogen) atoms. The van der Waals surface area contributed by atoms with Crippen LogP contribution in [0.5, 0.6) is 0 Å². The number of anilines is 1. The minimum Gasteiger partial charge on any atom is -0.350 e. The standard InChI is InChI=1S/C14H17N3O2/c1-11-3-5-16-13(12(11)9-15)17-6-2-4-14(10-17)18-7-8-19-14/h3,5H,2,4,6-8,10H2,1H3. The summed E-state index contributed by atoms with van der Waals surface area (Å²) in [5.41, 5.74) is 1.61. The predicted octanol–water partition coefficient (Wildman–Crippen LogP) is 1.60. The van der Waals surface area contributed by atoms with Crippen molar-refractivity contribution in [2.45, 2.75) is 25.6 Å². The zero-order valence-corrected chi connectivity index (χ0v) is 11.1. The van der Waals surface area contributed by atoms with Crippen LogP contribution in [0.15, 0.2) is 12.3 Å². The maximum Gasteiger partial charge on any atom is 0.186 e. The van der Waals surface area contributed by atoms with Crippen molar-refractivity contribution in [3.63, 3.8) is 0 Å². The third-order valence-corrected chi connectivity index (χ3v) is 3.78. The molecule has 0 saturated carbocycles. The molecule has 0 unspecified atom stereocenters. The second kappa shape index (κ2) is 4.80. The van der Waals surface area contributed by atoms with E-state index in [1.54, 1.807) is 6.20 Å². The van der Waals surface area contributed by atoms with Gasteiger partial charge >= 0.3 is 0 Å². The fraction of sp³-hybridized carbons (Fsp3) is 0.571. The Kier molecular flexibility index (Phi) is 3.13. The van der Waals surface area contributed by atoms with E-state index < -0.39 is 5.79 Å². The molecule has 2 aliphatic heterocycles. The molecule has 1 spiro atoms. The van der Waals surface area contributed by atoms with Crippen LogP contribution in [-0.4, -0.2) is 37.1 Å². The highest BCUT2D eigenvalue weighted by molar-refractivity contribution is 5.57. The number of aromatic nitrogens is 1. The fourth-order valence-electron chi connectivity index (χ4n) is 2.82. The molecule has 2 fully saturated rings. The fourth-order valence-corrected chi connectivity index (χ4v) is 2.82. The molecule has 100 valence electrons. The first-order valence-electron chi connectivity index (χ1n) is 6.63. The highest BCUT2D eigenvalue weighted by atomic mass is 16.7. The van der Waals surface area contributed by atoms with Gasteiger partial charge in [-0.05, 0) is 25.0 Å². The number of hydrogen-bond donors (Lipinski definition) is 0. The van der Waals surface area contributed by atoms with Crippen LogP contribution >= 0.6 is 0 Å². The van der Waals surface area contributed by atoms with Crippen LogP contribution < -0.4 is 4.90 Å². The predicted molar refractivity (Wildman–Crippen MR) is 69.8 cm³/mol. The molecule has 1 aromatic rings. The van der Waals surface area contributed by atoms with Crippen molar-refractivity contribution in [3.8, 4) is 6.07 Å². The summed E-state index contributed by atoms with van der Waals surface area (Å²) in [5.74, 6) is 0.261. The average Bonchev–Trinajstić information content (AvgIpc) is 2.86. The van der Waals surface area contributed by atoms with E-state index in [9.17, 15) is 5.26 Å². The van der Waals surface area contributed by atoms with Gasteiger partial charge in [0, 0.05) is 19.2 Å². The van der Waals surface area contributed by atoms with Gasteiger partial charge in [0.15, 0.2) is 5.79 Å². The minimum absolute atomic E-state index is 0.490. The average molecular weight is 259 g/mol. The van der Waals surface area contributed by atoms with Crippen molar-refractivity contribution in [2.75, 3.05) is 31.2 Å². The monoisotopic (exact) mass is 259 g/mol. The largest absolute Gasteiger partial charge is 0.350 e. The van der Waals surface area contributed by atoms with Gasteiger partial charge < -0.3 is 14.4 Å². The molecule has 1 aromatic heterocycles. The van der Waals surface area contributed by atoms with E-state index in [0.29, 0.717) is 25.3 Å². The van der Waals surface area contributed by atoms with Crippen LogP contribution in [0.1, 0.15) is 24.0 Å². The number of ether oxygens (including phenoxy) is 2. The van der Waals surface area contributed by atoms with Crippen molar-refractivity contribution in [3.05, 3.63) is 23.4 Å². The van der Waals surface area contributed by atoms with Crippen molar-refractivity contribution in [2.24, 2.45) is 0 Å². The summed E-state index contributed by atoms with van der Waals surface area (Å²) in [4.78, 5) is 6.49. The molecule has 2 saturated heterocycles. The zero-order valence-electron chi connectivity index (χ0n) is 11.1. The molecule has 3 rings (SSSR count). The number of nitrogens with zero attached hydrogens (tertiary/aromatic N) is 3. The number of aryl methyl sites for hydroxylation is 1. The van der Waals surface area contributed by atoms with Crippen molar-refractivity contribution in [1.82, 2.24) is 4.98 Å². The van der Waals surface area contributed by atoms with Crippen LogP contribution in [0.2, 0.25) is 0 Å². The lowest BCUT2D eigenvalue weighted by atomic mass is 10.0. The highest BCUT2D eigenvalue weighted by Gasteiger charge is 2.41. The Morgan fingerprint density at radius 1 is 1.42 bits per heavy atom. The third-order valence-electron chi connectivity index (χ3n) is 3.78. The lowest BCUT2D eigenvalue weighted by molar-refractivity contribution is -0.161. The van der Waals surface area contributed by atoms with Gasteiger partial charge in [0.2, 0.25) is 0 Å². The van der Waals surface area contributed by atoms with Gasteiger partial charge in [0.25, 0.3) is 0 Å². The molecule has 0 atom stereocenters. The van der Waals surface area contributed by atoms with Crippen LogP contribution in [-0.2, 0) is 9.47 Å². The van der Waals surface area contributed by atoms with Gasteiger partial charge in [-0.15, -0.1) is 0 Å². The molecule has 3 heterocycles. The van der Waals surface area contributed by atoms with Crippen LogP contribution in [0.4, 0.5) is 5.82 Å². The van der Waals surface area contributed by atoms with E-state index in [1.165, 1.54) is 0 Å². The van der Waals surface area contributed by atoms with E-state index in [2.05, 4.69) is 16.0 Å². The lowest BCUT2D eigenvalue weighted by Crippen LogP contribution is -2.49. The Morgan fingerprint density at radius 3 is 2.95 bits per heavy atom. The first kappa shape index (κ1) is 12.4. The molecule has 0 aliphatic carbocycles. The Labute approximate surface area is 112 Å². The number of nitriles is 1. The van der Waals surface area contributed by atoms with Crippen LogP contribution in [0.3, 0.4) is 0 Å². The van der Waals surface area contributed by atoms with E-state index in [1.807, 2.05) is 13.0 Å². The van der Waals surface area contributed by atoms with Crippen molar-refractivity contribution < 1.29 is 9.47 Å². The van der Waals surface area contributed by atoms with Gasteiger partial charge in [-0.2, -0.15) is 5.26 Å². The molecule has 5 heteroatoms. The van der Waals surface area contributed by atoms with Crippen LogP contribution in [0.25, 0.3) is 0 Å². The van der Waals surface area contributed by atoms with Crippen molar-refractivity contribution in [1.29, 1.82) is 5.26 Å². The van der Waals surface area contributed by atoms with Gasteiger partial charge in [0.05, 0.1) is 25.3 Å². The highest BCUT2D eigenvalue weighted by Crippen LogP contribution is 2.33. The Bertz CT molecular complexity index is 518. The lowest BCUT2D eigenvalue weighted by Gasteiger charge is -2.39. The Morgan fingerprint density at radius 2 is 2.21 bits per heavy atom. The summed E-state index contributed by atoms with van der Waals surface area (Å²) < 4.78 is 11.5. The summed E-state index contributed by atoms with van der Waals surface area (Å²) in [7, 11) is 0. The summed E-state index contributed by atoms with van der Waals surface area (Å²) in [6.07, 6.45) is 3.65. The smallest absolute Gasteiger partial charge is 0.186 e. The van der Waals surface area contributed by atoms with Crippen LogP contribution in [0, 0.1) is 18.3 Å². The van der Waals surface area contributed by atoms with E-state index in [0.717, 1.165) is 30.8 Å². The second-order valence-electron chi connectivity index (χ2n) is 5.07. The summed E-state index contributed by atoms with van der Waals surface area (Å²) >= 11 is 0. The van der Waals surface area contributed by atoms with Crippen molar-refractivity contribution >= 4 is 5.82 Å². The van der Waals surface area contributed by atoms with Gasteiger partial charge in [-0.1, -0.05) is 0 Å². The molecule has 2 aliphatic rings. The number of piperidine rings is 1. The number of pyridine rings is 1. The van der Waals surface area contributed by atoms with E-state index in [4.69, 9.17) is 9.47 Å². The second-order valence-corrected chi connectivity index (χ2v) is 5.07. The summed E-state index contributed by atoms with van der Waals surface area (Å²) in [6, 6.07) is 4.12. The third kappa shape index (κ3) is 2.18. The maximum atomic E-state index is 9.31. The normalized spacial score (nSPS) is 21.6. The SMILES string of the molecule is Cc1ccnc(N2CCCC3(C2)OCCO3)c1C#N. The van der Waals surface area contributed by atoms with Gasteiger partial charge in [0.1, 0.15) is 11.9 Å². The zero-order chi connectivity index (χ0) is 13.3. The number of rotatable bonds is 1. The topological polar surface area (TPSA) is 58.4 Å². The van der Waals surface area contributed by atoms with E-state index >= 15 is 0 Å². The molecular weight excluding hydrogens is 242 g/mol. The molecule has 0 radical (unpaired) electrons. The molecule has 0 N–H and O–H groups in total. The quantitative estimate of drug-likeness (QED) is 0.766. The maximum absolute atomic E-state index is 9.31. The first-order valence-corrected chi connectivity index (χ1v) is 6.63. The van der Waals surface area contributed by atoms with E-state index in [-0.39, 0.29) is 0 Å². The van der Waals surface area contributed by atoms with Gasteiger partial charge in [-0.25, -0.2) is 4.98 Å². The molecule has 0 bridgehead atoms. The minimum atomic E-state index is -0.490. The number of hydrogen-bond acceptors (Lipinski definition) is 5. The Hall–Kier alpha value is -1.64. The molecule has 0 aromatic carbocycles. The Balaban J connectivity index is 1.90. The molecule has 5 nitrogen and oxygen atoms in total. The summed E-state index contributed by atoms with van der Waals surface area (Å²) in [5, 5.41) is 9.31. The summed E-state index contributed by atoms with van der Waals surface area (Å²) in [6.45, 7) is 4.78. The first-order chi connectivity index (χ1) is 9.24.